The Balaban J connectivity index is 1.36. The lowest BCUT2D eigenvalue weighted by Gasteiger charge is -2.32. The molecule has 31 heavy (non-hydrogen) atoms. The van der Waals surface area contributed by atoms with Crippen LogP contribution in [0.4, 0.5) is 11.5 Å². The molecule has 1 atom stereocenters. The van der Waals surface area contributed by atoms with Gasteiger partial charge in [-0.05, 0) is 55.5 Å². The van der Waals surface area contributed by atoms with Gasteiger partial charge in [0.15, 0.2) is 5.82 Å². The summed E-state index contributed by atoms with van der Waals surface area (Å²) in [5.41, 5.74) is 4.10. The largest absolute Gasteiger partial charge is 0.354 e. The molecule has 1 unspecified atom stereocenters. The maximum absolute atomic E-state index is 12.9. The lowest BCUT2D eigenvalue weighted by molar-refractivity contribution is -0.120. The average molecular weight is 415 g/mol. The minimum absolute atomic E-state index is 0.0517. The summed E-state index contributed by atoms with van der Waals surface area (Å²) in [6, 6.07) is 22.3. The lowest BCUT2D eigenvalue weighted by atomic mass is 9.97. The molecule has 1 saturated heterocycles. The molecular weight excluding hydrogens is 384 g/mol. The number of amides is 1. The van der Waals surface area contributed by atoms with Crippen LogP contribution in [0, 0.1) is 5.92 Å². The minimum Gasteiger partial charge on any atom is -0.354 e. The van der Waals surface area contributed by atoms with Crippen molar-refractivity contribution in [2.24, 2.45) is 5.92 Å². The molecule has 0 spiro atoms. The van der Waals surface area contributed by atoms with E-state index in [1.165, 1.54) is 18.4 Å². The monoisotopic (exact) mass is 414 g/mol. The zero-order valence-electron chi connectivity index (χ0n) is 18.1. The second-order valence-electron chi connectivity index (χ2n) is 8.22. The highest BCUT2D eigenvalue weighted by molar-refractivity contribution is 5.93. The van der Waals surface area contributed by atoms with Crippen LogP contribution in [0.15, 0.2) is 66.7 Å². The van der Waals surface area contributed by atoms with E-state index in [4.69, 9.17) is 0 Å². The molecule has 3 aromatic rings. The highest BCUT2D eigenvalue weighted by Gasteiger charge is 2.26. The smallest absolute Gasteiger partial charge is 0.229 e. The van der Waals surface area contributed by atoms with Crippen molar-refractivity contribution in [3.05, 3.63) is 72.3 Å². The normalized spacial score (nSPS) is 16.2. The number of carbonyl (C=O) groups excluding carboxylic acids is 1. The van der Waals surface area contributed by atoms with Crippen molar-refractivity contribution in [1.82, 2.24) is 10.2 Å². The van der Waals surface area contributed by atoms with E-state index >= 15 is 0 Å². The zero-order chi connectivity index (χ0) is 21.5. The predicted molar refractivity (Wildman–Crippen MR) is 126 cm³/mol. The first-order valence-corrected chi connectivity index (χ1v) is 11.3. The van der Waals surface area contributed by atoms with Crippen molar-refractivity contribution >= 4 is 17.4 Å². The van der Waals surface area contributed by atoms with Crippen molar-refractivity contribution < 1.29 is 4.79 Å². The number of hydrogen-bond acceptors (Lipinski definition) is 4. The fraction of sp³-hybridized carbons (Fsp3) is 0.346. The summed E-state index contributed by atoms with van der Waals surface area (Å²) in [4.78, 5) is 15.0. The SMILES string of the molecule is CCCCc1ccc(NC(=O)C2CCCN(c3ccc(-c4ccccc4)nn3)C2)cc1. The second-order valence-corrected chi connectivity index (χ2v) is 8.22. The molecule has 0 bridgehead atoms. The number of nitrogens with zero attached hydrogens (tertiary/aromatic N) is 3. The number of anilines is 2. The Morgan fingerprint density at radius 1 is 1.03 bits per heavy atom. The third-order valence-electron chi connectivity index (χ3n) is 5.88. The van der Waals surface area contributed by atoms with E-state index in [1.54, 1.807) is 0 Å². The van der Waals surface area contributed by atoms with Crippen LogP contribution in [0.5, 0.6) is 0 Å². The number of unbranched alkanes of at least 4 members (excludes halogenated alkanes) is 1. The van der Waals surface area contributed by atoms with Crippen LogP contribution in [0.25, 0.3) is 11.3 Å². The summed E-state index contributed by atoms with van der Waals surface area (Å²) in [5, 5.41) is 11.9. The third-order valence-corrected chi connectivity index (χ3v) is 5.88. The highest BCUT2D eigenvalue weighted by Crippen LogP contribution is 2.24. The molecule has 4 rings (SSSR count). The molecule has 1 aromatic heterocycles. The van der Waals surface area contributed by atoms with Gasteiger partial charge in [0, 0.05) is 24.3 Å². The second kappa shape index (κ2) is 10.2. The Bertz CT molecular complexity index is 971. The molecule has 1 amide bonds. The molecule has 0 aliphatic carbocycles. The van der Waals surface area contributed by atoms with E-state index in [2.05, 4.69) is 39.5 Å². The Hall–Kier alpha value is -3.21. The van der Waals surface area contributed by atoms with Gasteiger partial charge >= 0.3 is 0 Å². The summed E-state index contributed by atoms with van der Waals surface area (Å²) in [6.07, 6.45) is 5.34. The molecule has 1 aliphatic heterocycles. The van der Waals surface area contributed by atoms with Crippen molar-refractivity contribution in [2.45, 2.75) is 39.0 Å². The van der Waals surface area contributed by atoms with Crippen LogP contribution >= 0.6 is 0 Å². The summed E-state index contributed by atoms with van der Waals surface area (Å²) in [6.45, 7) is 3.76. The fourth-order valence-corrected chi connectivity index (χ4v) is 4.04. The molecule has 0 saturated carbocycles. The molecule has 5 nitrogen and oxygen atoms in total. The highest BCUT2D eigenvalue weighted by atomic mass is 16.1. The molecule has 160 valence electrons. The molecule has 5 heteroatoms. The van der Waals surface area contributed by atoms with Crippen LogP contribution in [0.2, 0.25) is 0 Å². The van der Waals surface area contributed by atoms with Gasteiger partial charge in [0.2, 0.25) is 5.91 Å². The Morgan fingerprint density at radius 2 is 1.84 bits per heavy atom. The first-order valence-electron chi connectivity index (χ1n) is 11.3. The van der Waals surface area contributed by atoms with Crippen LogP contribution in [-0.4, -0.2) is 29.2 Å². The molecule has 1 N–H and O–H groups in total. The van der Waals surface area contributed by atoms with Gasteiger partial charge in [0.1, 0.15) is 0 Å². The van der Waals surface area contributed by atoms with E-state index < -0.39 is 0 Å². The summed E-state index contributed by atoms with van der Waals surface area (Å²) in [7, 11) is 0. The average Bonchev–Trinajstić information content (AvgIpc) is 2.84. The van der Waals surface area contributed by atoms with E-state index in [-0.39, 0.29) is 11.8 Å². The number of rotatable bonds is 7. The van der Waals surface area contributed by atoms with Gasteiger partial charge in [-0.25, -0.2) is 0 Å². The number of nitrogens with one attached hydrogen (secondary N) is 1. The first kappa shape index (κ1) is 21.0. The number of aryl methyl sites for hydroxylation is 1. The molecule has 1 aliphatic rings. The van der Waals surface area contributed by atoms with E-state index in [0.29, 0.717) is 6.54 Å². The predicted octanol–water partition coefficient (Wildman–Crippen LogP) is 5.34. The van der Waals surface area contributed by atoms with E-state index in [0.717, 1.165) is 48.6 Å². The molecule has 1 fully saturated rings. The molecule has 2 aromatic carbocycles. The van der Waals surface area contributed by atoms with Crippen molar-refractivity contribution in [3.8, 4) is 11.3 Å². The Morgan fingerprint density at radius 3 is 2.55 bits per heavy atom. The Labute approximate surface area is 184 Å². The van der Waals surface area contributed by atoms with Gasteiger partial charge in [-0.1, -0.05) is 55.8 Å². The molecule has 2 heterocycles. The van der Waals surface area contributed by atoms with E-state index in [9.17, 15) is 4.79 Å². The zero-order valence-corrected chi connectivity index (χ0v) is 18.1. The number of piperidine rings is 1. The van der Waals surface area contributed by atoms with Gasteiger partial charge in [0.25, 0.3) is 0 Å². The minimum atomic E-state index is -0.0517. The van der Waals surface area contributed by atoms with Crippen molar-refractivity contribution in [1.29, 1.82) is 0 Å². The summed E-state index contributed by atoms with van der Waals surface area (Å²) in [5.74, 6) is 0.862. The van der Waals surface area contributed by atoms with Crippen LogP contribution in [-0.2, 0) is 11.2 Å². The number of aromatic nitrogens is 2. The maximum Gasteiger partial charge on any atom is 0.229 e. The first-order chi connectivity index (χ1) is 15.2. The fourth-order valence-electron chi connectivity index (χ4n) is 4.04. The van der Waals surface area contributed by atoms with Crippen molar-refractivity contribution in [2.75, 3.05) is 23.3 Å². The van der Waals surface area contributed by atoms with Gasteiger partial charge in [0.05, 0.1) is 11.6 Å². The maximum atomic E-state index is 12.9. The number of carbonyl (C=O) groups is 1. The van der Waals surface area contributed by atoms with Gasteiger partial charge in [-0.15, -0.1) is 10.2 Å². The third kappa shape index (κ3) is 5.48. The van der Waals surface area contributed by atoms with Crippen LogP contribution in [0.3, 0.4) is 0 Å². The van der Waals surface area contributed by atoms with Gasteiger partial charge < -0.3 is 10.2 Å². The lowest BCUT2D eigenvalue weighted by Crippen LogP contribution is -2.41. The van der Waals surface area contributed by atoms with Crippen LogP contribution in [0.1, 0.15) is 38.2 Å². The number of hydrogen-bond donors (Lipinski definition) is 1. The summed E-state index contributed by atoms with van der Waals surface area (Å²) < 4.78 is 0. The summed E-state index contributed by atoms with van der Waals surface area (Å²) >= 11 is 0. The van der Waals surface area contributed by atoms with Gasteiger partial charge in [-0.2, -0.15) is 0 Å². The topological polar surface area (TPSA) is 58.1 Å². The molecule has 0 radical (unpaired) electrons. The quantitative estimate of drug-likeness (QED) is 0.567. The van der Waals surface area contributed by atoms with Gasteiger partial charge in [-0.3, -0.25) is 4.79 Å². The van der Waals surface area contributed by atoms with Crippen LogP contribution < -0.4 is 10.2 Å². The Kier molecular flexibility index (Phi) is 6.92. The number of benzene rings is 2. The van der Waals surface area contributed by atoms with Crippen molar-refractivity contribution in [3.63, 3.8) is 0 Å². The molecular formula is C26H30N4O. The van der Waals surface area contributed by atoms with E-state index in [1.807, 2.05) is 54.6 Å². The standard InChI is InChI=1S/C26H30N4O/c1-2-3-8-20-12-14-23(15-13-20)27-26(31)22-11-7-18-30(19-22)25-17-16-24(28-29-25)21-9-5-4-6-10-21/h4-6,9-10,12-17,22H,2-3,7-8,11,18-19H2,1H3,(H,27,31).